The highest BCUT2D eigenvalue weighted by Gasteiger charge is 2.20. The molecule has 1 saturated heterocycles. The molecule has 0 unspecified atom stereocenters. The molecule has 2 rings (SSSR count). The molecule has 0 saturated carbocycles. The van der Waals surface area contributed by atoms with Crippen LogP contribution in [-0.4, -0.2) is 60.9 Å². The first-order chi connectivity index (χ1) is 11.1. The van der Waals surface area contributed by atoms with Gasteiger partial charge in [0.2, 0.25) is 5.91 Å². The van der Waals surface area contributed by atoms with Crippen LogP contribution in [0.25, 0.3) is 0 Å². The predicted molar refractivity (Wildman–Crippen MR) is 93.7 cm³/mol. The SMILES string of the molecule is CC(C)CN1CCN(C(=O)CCCNC(=O)c2ccsc2)CC1. The molecule has 1 aliphatic heterocycles. The van der Waals surface area contributed by atoms with Gasteiger partial charge in [-0.1, -0.05) is 13.8 Å². The second-order valence-electron chi connectivity index (χ2n) is 6.45. The number of nitrogens with zero attached hydrogens (tertiary/aromatic N) is 2. The van der Waals surface area contributed by atoms with Crippen molar-refractivity contribution >= 4 is 23.2 Å². The lowest BCUT2D eigenvalue weighted by molar-refractivity contribution is -0.133. The third-order valence-corrected chi connectivity index (χ3v) is 4.67. The molecule has 1 N–H and O–H groups in total. The number of amides is 2. The van der Waals surface area contributed by atoms with Crippen LogP contribution in [-0.2, 0) is 4.79 Å². The minimum atomic E-state index is -0.0546. The van der Waals surface area contributed by atoms with E-state index in [2.05, 4.69) is 24.1 Å². The first kappa shape index (κ1) is 17.9. The fourth-order valence-corrected chi connectivity index (χ4v) is 3.43. The Balaban J connectivity index is 1.59. The first-order valence-corrected chi connectivity index (χ1v) is 9.31. The van der Waals surface area contributed by atoms with Crippen molar-refractivity contribution in [1.29, 1.82) is 0 Å². The van der Waals surface area contributed by atoms with Crippen LogP contribution in [0, 0.1) is 5.92 Å². The number of thiophene rings is 1. The third kappa shape index (κ3) is 5.95. The van der Waals surface area contributed by atoms with Crippen LogP contribution in [0.2, 0.25) is 0 Å². The Bertz CT molecular complexity index is 494. The zero-order valence-corrected chi connectivity index (χ0v) is 14.9. The number of carbonyl (C=O) groups excluding carboxylic acids is 2. The highest BCUT2D eigenvalue weighted by Crippen LogP contribution is 2.08. The standard InChI is InChI=1S/C17H27N3O2S/c1-14(2)12-19-7-9-20(10-8-19)16(21)4-3-6-18-17(22)15-5-11-23-13-15/h5,11,13-14H,3-4,6-10,12H2,1-2H3,(H,18,22). The summed E-state index contributed by atoms with van der Waals surface area (Å²) in [7, 11) is 0. The van der Waals surface area contributed by atoms with Crippen LogP contribution in [0.4, 0.5) is 0 Å². The molecule has 0 radical (unpaired) electrons. The average Bonchev–Trinajstić information content (AvgIpc) is 3.05. The molecule has 0 spiro atoms. The largest absolute Gasteiger partial charge is 0.352 e. The van der Waals surface area contributed by atoms with E-state index in [-0.39, 0.29) is 11.8 Å². The van der Waals surface area contributed by atoms with Gasteiger partial charge in [-0.05, 0) is 23.8 Å². The van der Waals surface area contributed by atoms with Crippen molar-refractivity contribution < 1.29 is 9.59 Å². The summed E-state index contributed by atoms with van der Waals surface area (Å²) < 4.78 is 0. The zero-order valence-electron chi connectivity index (χ0n) is 14.1. The quantitative estimate of drug-likeness (QED) is 0.775. The van der Waals surface area contributed by atoms with Gasteiger partial charge < -0.3 is 10.2 Å². The second-order valence-corrected chi connectivity index (χ2v) is 7.23. The van der Waals surface area contributed by atoms with E-state index in [0.717, 1.165) is 32.7 Å². The lowest BCUT2D eigenvalue weighted by Crippen LogP contribution is -2.49. The van der Waals surface area contributed by atoms with Crippen LogP contribution in [0.3, 0.4) is 0 Å². The van der Waals surface area contributed by atoms with Crippen molar-refractivity contribution in [3.05, 3.63) is 22.4 Å². The molecule has 1 aliphatic rings. The van der Waals surface area contributed by atoms with Crippen molar-refractivity contribution in [3.63, 3.8) is 0 Å². The van der Waals surface area contributed by atoms with Crippen LogP contribution in [0.5, 0.6) is 0 Å². The van der Waals surface area contributed by atoms with Gasteiger partial charge >= 0.3 is 0 Å². The van der Waals surface area contributed by atoms with Crippen molar-refractivity contribution in [2.24, 2.45) is 5.92 Å². The summed E-state index contributed by atoms with van der Waals surface area (Å²) >= 11 is 1.51. The Hall–Kier alpha value is -1.40. The minimum absolute atomic E-state index is 0.0546. The monoisotopic (exact) mass is 337 g/mol. The Labute approximate surface area is 142 Å². The zero-order chi connectivity index (χ0) is 16.7. The summed E-state index contributed by atoms with van der Waals surface area (Å²) in [5.41, 5.74) is 0.697. The Morgan fingerprint density at radius 1 is 1.26 bits per heavy atom. The highest BCUT2D eigenvalue weighted by molar-refractivity contribution is 7.08. The summed E-state index contributed by atoms with van der Waals surface area (Å²) in [6.07, 6.45) is 1.20. The molecular formula is C17H27N3O2S. The van der Waals surface area contributed by atoms with Gasteiger partial charge in [-0.2, -0.15) is 11.3 Å². The highest BCUT2D eigenvalue weighted by atomic mass is 32.1. The van der Waals surface area contributed by atoms with E-state index < -0.39 is 0 Å². The van der Waals surface area contributed by atoms with Crippen molar-refractivity contribution in [2.75, 3.05) is 39.3 Å². The molecule has 128 valence electrons. The normalized spacial score (nSPS) is 15.9. The van der Waals surface area contributed by atoms with Gasteiger partial charge in [0.1, 0.15) is 0 Å². The minimum Gasteiger partial charge on any atom is -0.352 e. The second kappa shape index (κ2) is 9.03. The fourth-order valence-electron chi connectivity index (χ4n) is 2.79. The molecule has 1 fully saturated rings. The number of hydrogen-bond donors (Lipinski definition) is 1. The fraction of sp³-hybridized carbons (Fsp3) is 0.647. The van der Waals surface area contributed by atoms with Crippen molar-refractivity contribution in [2.45, 2.75) is 26.7 Å². The summed E-state index contributed by atoms with van der Waals surface area (Å²) in [5, 5.41) is 6.58. The lowest BCUT2D eigenvalue weighted by Gasteiger charge is -2.35. The molecule has 0 atom stereocenters. The number of piperazine rings is 1. The van der Waals surface area contributed by atoms with Gasteiger partial charge in [0.15, 0.2) is 0 Å². The summed E-state index contributed by atoms with van der Waals surface area (Å²) in [6, 6.07) is 1.81. The van der Waals surface area contributed by atoms with E-state index in [9.17, 15) is 9.59 Å². The molecule has 23 heavy (non-hydrogen) atoms. The Morgan fingerprint density at radius 3 is 2.61 bits per heavy atom. The molecular weight excluding hydrogens is 310 g/mol. The lowest BCUT2D eigenvalue weighted by atomic mass is 10.2. The number of hydrogen-bond acceptors (Lipinski definition) is 4. The Morgan fingerprint density at radius 2 is 2.00 bits per heavy atom. The van der Waals surface area contributed by atoms with Gasteiger partial charge in [0, 0.05) is 56.6 Å². The number of carbonyl (C=O) groups is 2. The summed E-state index contributed by atoms with van der Waals surface area (Å²) in [5.74, 6) is 0.823. The van der Waals surface area contributed by atoms with E-state index in [4.69, 9.17) is 0 Å². The van der Waals surface area contributed by atoms with E-state index in [1.165, 1.54) is 11.3 Å². The topological polar surface area (TPSA) is 52.6 Å². The maximum absolute atomic E-state index is 12.2. The van der Waals surface area contributed by atoms with Crippen molar-refractivity contribution in [1.82, 2.24) is 15.1 Å². The maximum Gasteiger partial charge on any atom is 0.252 e. The van der Waals surface area contributed by atoms with Gasteiger partial charge in [-0.3, -0.25) is 14.5 Å². The van der Waals surface area contributed by atoms with Gasteiger partial charge in [-0.15, -0.1) is 0 Å². The van der Waals surface area contributed by atoms with Gasteiger partial charge in [0.05, 0.1) is 0 Å². The van der Waals surface area contributed by atoms with Crippen molar-refractivity contribution in [3.8, 4) is 0 Å². The Kier molecular flexibility index (Phi) is 7.05. The molecule has 1 aromatic heterocycles. The molecule has 2 amide bonds. The number of rotatable bonds is 7. The van der Waals surface area contributed by atoms with Gasteiger partial charge in [0.25, 0.3) is 5.91 Å². The molecule has 5 nitrogen and oxygen atoms in total. The van der Waals surface area contributed by atoms with Crippen LogP contribution < -0.4 is 5.32 Å². The predicted octanol–water partition coefficient (Wildman–Crippen LogP) is 2.06. The van der Waals surface area contributed by atoms with E-state index >= 15 is 0 Å². The van der Waals surface area contributed by atoms with E-state index in [1.807, 2.05) is 21.7 Å². The average molecular weight is 337 g/mol. The molecule has 0 bridgehead atoms. The van der Waals surface area contributed by atoms with E-state index in [1.54, 1.807) is 0 Å². The van der Waals surface area contributed by atoms with E-state index in [0.29, 0.717) is 30.9 Å². The van der Waals surface area contributed by atoms with Gasteiger partial charge in [-0.25, -0.2) is 0 Å². The molecule has 0 aromatic carbocycles. The summed E-state index contributed by atoms with van der Waals surface area (Å²) in [4.78, 5) is 28.3. The molecule has 0 aliphatic carbocycles. The maximum atomic E-state index is 12.2. The molecule has 6 heteroatoms. The van der Waals surface area contributed by atoms with Crippen LogP contribution in [0.1, 0.15) is 37.0 Å². The number of nitrogens with one attached hydrogen (secondary N) is 1. The van der Waals surface area contributed by atoms with Crippen LogP contribution in [0.15, 0.2) is 16.8 Å². The van der Waals surface area contributed by atoms with Crippen LogP contribution >= 0.6 is 11.3 Å². The first-order valence-electron chi connectivity index (χ1n) is 8.37. The molecule has 2 heterocycles. The smallest absolute Gasteiger partial charge is 0.252 e. The molecule has 1 aromatic rings. The summed E-state index contributed by atoms with van der Waals surface area (Å²) in [6.45, 7) is 9.70. The third-order valence-electron chi connectivity index (χ3n) is 3.98.